The molecule has 0 unspecified atom stereocenters. The van der Waals surface area contributed by atoms with Gasteiger partial charge in [0, 0.05) is 18.2 Å². The number of benzene rings is 1. The maximum Gasteiger partial charge on any atom is 0.251 e. The molecule has 1 amide bonds. The Bertz CT molecular complexity index is 611. The molecule has 0 aromatic heterocycles. The Balaban J connectivity index is 2.05. The lowest BCUT2D eigenvalue weighted by Crippen LogP contribution is -2.41. The van der Waals surface area contributed by atoms with Crippen LogP contribution in [-0.4, -0.2) is 26.9 Å². The third kappa shape index (κ3) is 4.08. The highest BCUT2D eigenvalue weighted by Crippen LogP contribution is 2.24. The van der Waals surface area contributed by atoms with Gasteiger partial charge in [-0.25, -0.2) is 13.1 Å². The summed E-state index contributed by atoms with van der Waals surface area (Å²) in [6, 6.07) is 6.28. The minimum atomic E-state index is -3.47. The molecule has 0 radical (unpaired) electrons. The average Bonchev–Trinajstić information content (AvgIpc) is 2.49. The predicted molar refractivity (Wildman–Crippen MR) is 86.2 cm³/mol. The molecular weight excluding hydrogens is 300 g/mol. The van der Waals surface area contributed by atoms with Crippen LogP contribution >= 0.6 is 0 Å². The van der Waals surface area contributed by atoms with Gasteiger partial charge in [0.1, 0.15) is 0 Å². The van der Waals surface area contributed by atoms with E-state index in [2.05, 4.69) is 17.0 Å². The third-order valence-corrected chi connectivity index (χ3v) is 5.75. The molecule has 0 heterocycles. The minimum absolute atomic E-state index is 0.133. The molecule has 22 heavy (non-hydrogen) atoms. The van der Waals surface area contributed by atoms with E-state index in [1.807, 2.05) is 0 Å². The topological polar surface area (TPSA) is 75.3 Å². The van der Waals surface area contributed by atoms with E-state index in [-0.39, 0.29) is 16.8 Å². The van der Waals surface area contributed by atoms with Crippen molar-refractivity contribution >= 4 is 15.9 Å². The second-order valence-corrected chi connectivity index (χ2v) is 7.63. The number of carbonyl (C=O) groups is 1. The van der Waals surface area contributed by atoms with E-state index in [1.165, 1.54) is 18.6 Å². The van der Waals surface area contributed by atoms with Crippen LogP contribution < -0.4 is 10.0 Å². The van der Waals surface area contributed by atoms with Gasteiger partial charge in [-0.1, -0.05) is 26.7 Å². The van der Waals surface area contributed by atoms with Crippen LogP contribution in [0, 0.1) is 5.92 Å². The highest BCUT2D eigenvalue weighted by Gasteiger charge is 2.23. The molecule has 2 atom stereocenters. The Hall–Kier alpha value is -1.40. The number of hydrogen-bond donors (Lipinski definition) is 2. The van der Waals surface area contributed by atoms with Crippen LogP contribution in [0.15, 0.2) is 29.2 Å². The fraction of sp³-hybridized carbons (Fsp3) is 0.562. The number of hydrogen-bond acceptors (Lipinski definition) is 3. The second-order valence-electron chi connectivity index (χ2n) is 5.87. The van der Waals surface area contributed by atoms with Crippen LogP contribution in [0.5, 0.6) is 0 Å². The lowest BCUT2D eigenvalue weighted by atomic mass is 9.86. The average molecular weight is 324 g/mol. The van der Waals surface area contributed by atoms with Crippen LogP contribution in [0.1, 0.15) is 49.9 Å². The van der Waals surface area contributed by atoms with Gasteiger partial charge >= 0.3 is 0 Å². The van der Waals surface area contributed by atoms with Gasteiger partial charge in [0.2, 0.25) is 10.0 Å². The molecule has 1 aliphatic carbocycles. The lowest BCUT2D eigenvalue weighted by molar-refractivity contribution is 0.0910. The van der Waals surface area contributed by atoms with Crippen molar-refractivity contribution in [3.63, 3.8) is 0 Å². The van der Waals surface area contributed by atoms with Crippen LogP contribution in [-0.2, 0) is 10.0 Å². The third-order valence-electron chi connectivity index (χ3n) is 4.19. The Morgan fingerprint density at radius 3 is 2.41 bits per heavy atom. The number of rotatable bonds is 5. The maximum atomic E-state index is 12.3. The standard InChI is InChI=1S/C16H24N2O3S/c1-3-17-22(20,21)14-10-8-13(9-11-14)16(19)18-15-7-5-4-6-12(15)2/h8-12,15,17H,3-7H2,1-2H3,(H,18,19)/t12-,15-/m1/s1. The smallest absolute Gasteiger partial charge is 0.251 e. The molecule has 0 aliphatic heterocycles. The summed E-state index contributed by atoms with van der Waals surface area (Å²) >= 11 is 0. The number of amides is 1. The van der Waals surface area contributed by atoms with Gasteiger partial charge in [0.05, 0.1) is 4.90 Å². The van der Waals surface area contributed by atoms with Gasteiger partial charge < -0.3 is 5.32 Å². The summed E-state index contributed by atoms with van der Waals surface area (Å²) in [4.78, 5) is 12.4. The molecule has 0 spiro atoms. The molecule has 1 fully saturated rings. The monoisotopic (exact) mass is 324 g/mol. The zero-order chi connectivity index (χ0) is 16.2. The van der Waals surface area contributed by atoms with Crippen LogP contribution in [0.2, 0.25) is 0 Å². The van der Waals surface area contributed by atoms with Gasteiger partial charge in [-0.3, -0.25) is 4.79 Å². The van der Waals surface area contributed by atoms with Crippen molar-refractivity contribution in [3.05, 3.63) is 29.8 Å². The van der Waals surface area contributed by atoms with E-state index in [0.29, 0.717) is 18.0 Å². The molecule has 0 saturated heterocycles. The van der Waals surface area contributed by atoms with Crippen LogP contribution in [0.3, 0.4) is 0 Å². The maximum absolute atomic E-state index is 12.3. The first-order valence-electron chi connectivity index (χ1n) is 7.84. The zero-order valence-electron chi connectivity index (χ0n) is 13.1. The van der Waals surface area contributed by atoms with Crippen LogP contribution in [0.25, 0.3) is 0 Å². The van der Waals surface area contributed by atoms with Crippen molar-refractivity contribution < 1.29 is 13.2 Å². The summed E-state index contributed by atoms with van der Waals surface area (Å²) in [6.07, 6.45) is 4.53. The summed E-state index contributed by atoms with van der Waals surface area (Å²) in [6.45, 7) is 4.23. The van der Waals surface area contributed by atoms with E-state index in [9.17, 15) is 13.2 Å². The Morgan fingerprint density at radius 1 is 1.18 bits per heavy atom. The molecule has 6 heteroatoms. The SMILES string of the molecule is CCNS(=O)(=O)c1ccc(C(=O)N[C@@H]2CCCC[C@H]2C)cc1. The molecule has 1 aromatic rings. The second kappa shape index (κ2) is 7.24. The van der Waals surface area contributed by atoms with Crippen molar-refractivity contribution in [3.8, 4) is 0 Å². The fourth-order valence-electron chi connectivity index (χ4n) is 2.84. The van der Waals surface area contributed by atoms with E-state index in [1.54, 1.807) is 19.1 Å². The zero-order valence-corrected chi connectivity index (χ0v) is 13.9. The van der Waals surface area contributed by atoms with Gasteiger partial charge in [0.15, 0.2) is 0 Å². The first-order valence-corrected chi connectivity index (χ1v) is 9.33. The number of sulfonamides is 1. The highest BCUT2D eigenvalue weighted by molar-refractivity contribution is 7.89. The molecular formula is C16H24N2O3S. The van der Waals surface area contributed by atoms with Crippen molar-refractivity contribution in [2.24, 2.45) is 5.92 Å². The van der Waals surface area contributed by atoms with Crippen molar-refractivity contribution in [1.29, 1.82) is 0 Å². The summed E-state index contributed by atoms with van der Waals surface area (Å²) in [5.41, 5.74) is 0.494. The van der Waals surface area contributed by atoms with Gasteiger partial charge in [-0.15, -0.1) is 0 Å². The summed E-state index contributed by atoms with van der Waals surface area (Å²) < 4.78 is 26.2. The van der Waals surface area contributed by atoms with E-state index in [4.69, 9.17) is 0 Å². The molecule has 1 aliphatic rings. The highest BCUT2D eigenvalue weighted by atomic mass is 32.2. The Kier molecular flexibility index (Phi) is 5.58. The van der Waals surface area contributed by atoms with Crippen molar-refractivity contribution in [2.45, 2.75) is 50.5 Å². The van der Waals surface area contributed by atoms with E-state index < -0.39 is 10.0 Å². The minimum Gasteiger partial charge on any atom is -0.349 e. The molecule has 1 aromatic carbocycles. The number of nitrogens with one attached hydrogen (secondary N) is 2. The van der Waals surface area contributed by atoms with Gasteiger partial charge in [-0.05, 0) is 43.0 Å². The Labute approximate surface area is 132 Å². The Morgan fingerprint density at radius 2 is 1.82 bits per heavy atom. The first kappa shape index (κ1) is 17.0. The normalized spacial score (nSPS) is 22.3. The summed E-state index contributed by atoms with van der Waals surface area (Å²) in [7, 11) is -3.47. The van der Waals surface area contributed by atoms with E-state index >= 15 is 0 Å². The quantitative estimate of drug-likeness (QED) is 0.872. The predicted octanol–water partition coefficient (Wildman–Crippen LogP) is 2.29. The molecule has 2 N–H and O–H groups in total. The molecule has 2 rings (SSSR count). The van der Waals surface area contributed by atoms with Crippen molar-refractivity contribution in [2.75, 3.05) is 6.54 Å². The summed E-state index contributed by atoms with van der Waals surface area (Å²) in [5.74, 6) is 0.359. The molecule has 122 valence electrons. The molecule has 1 saturated carbocycles. The largest absolute Gasteiger partial charge is 0.349 e. The first-order chi connectivity index (χ1) is 10.4. The number of carbonyl (C=O) groups excluding carboxylic acids is 1. The molecule has 5 nitrogen and oxygen atoms in total. The van der Waals surface area contributed by atoms with E-state index in [0.717, 1.165) is 19.3 Å². The van der Waals surface area contributed by atoms with Gasteiger partial charge in [-0.2, -0.15) is 0 Å². The lowest BCUT2D eigenvalue weighted by Gasteiger charge is -2.29. The van der Waals surface area contributed by atoms with Crippen molar-refractivity contribution in [1.82, 2.24) is 10.0 Å². The fourth-order valence-corrected chi connectivity index (χ4v) is 3.88. The van der Waals surface area contributed by atoms with Crippen LogP contribution in [0.4, 0.5) is 0 Å². The van der Waals surface area contributed by atoms with Gasteiger partial charge in [0.25, 0.3) is 5.91 Å². The summed E-state index contributed by atoms with van der Waals surface area (Å²) in [5, 5.41) is 3.06. The molecule has 0 bridgehead atoms.